The van der Waals surface area contributed by atoms with Gasteiger partial charge in [0, 0.05) is 19.8 Å². The van der Waals surface area contributed by atoms with E-state index in [1.165, 1.54) is 14.2 Å². The van der Waals surface area contributed by atoms with E-state index in [1.807, 2.05) is 0 Å². The molecular formula is C13H19N3O5. The molecule has 0 saturated carbocycles. The fraction of sp³-hybridized carbons (Fsp3) is 0.615. The quantitative estimate of drug-likeness (QED) is 0.794. The van der Waals surface area contributed by atoms with Gasteiger partial charge in [-0.25, -0.2) is 0 Å². The molecule has 1 saturated heterocycles. The topological polar surface area (TPSA) is 103 Å². The number of nitrogens with zero attached hydrogens (tertiary/aromatic N) is 2. The standard InChI is InChI=1S/C13H19N3O5/c1-19-9-7-10(20-2)16-12(15-9)14-8-13(11(17)18)3-5-21-6-4-13/h7H,3-6,8H2,1-2H3,(H,17,18)(H,14,15,16). The van der Waals surface area contributed by atoms with Crippen molar-refractivity contribution in [3.8, 4) is 11.8 Å². The van der Waals surface area contributed by atoms with Crippen molar-refractivity contribution in [2.75, 3.05) is 39.3 Å². The molecule has 2 heterocycles. The lowest BCUT2D eigenvalue weighted by Gasteiger charge is -2.33. The Morgan fingerprint density at radius 2 is 1.90 bits per heavy atom. The van der Waals surface area contributed by atoms with Crippen LogP contribution < -0.4 is 14.8 Å². The SMILES string of the molecule is COc1cc(OC)nc(NCC2(C(=O)O)CCOCC2)n1. The number of carboxylic acids is 1. The van der Waals surface area contributed by atoms with Gasteiger partial charge in [-0.15, -0.1) is 0 Å². The van der Waals surface area contributed by atoms with Gasteiger partial charge in [-0.05, 0) is 12.8 Å². The summed E-state index contributed by atoms with van der Waals surface area (Å²) < 4.78 is 15.3. The molecule has 116 valence electrons. The average Bonchev–Trinajstić information content (AvgIpc) is 2.53. The maximum atomic E-state index is 11.6. The number of anilines is 1. The van der Waals surface area contributed by atoms with Crippen LogP contribution in [0.2, 0.25) is 0 Å². The first-order valence-electron chi connectivity index (χ1n) is 6.62. The molecule has 1 aromatic rings. The molecule has 8 nitrogen and oxygen atoms in total. The summed E-state index contributed by atoms with van der Waals surface area (Å²) in [5.74, 6) is 0.132. The van der Waals surface area contributed by atoms with E-state index in [1.54, 1.807) is 6.07 Å². The van der Waals surface area contributed by atoms with Gasteiger partial charge in [0.1, 0.15) is 0 Å². The van der Waals surface area contributed by atoms with Crippen LogP contribution in [-0.4, -0.2) is 55.0 Å². The molecule has 1 aliphatic rings. The predicted molar refractivity (Wildman–Crippen MR) is 73.7 cm³/mol. The minimum atomic E-state index is -0.863. The average molecular weight is 297 g/mol. The first kappa shape index (κ1) is 15.3. The van der Waals surface area contributed by atoms with Crippen LogP contribution in [-0.2, 0) is 9.53 Å². The summed E-state index contributed by atoms with van der Waals surface area (Å²) in [6.45, 7) is 1.11. The molecule has 21 heavy (non-hydrogen) atoms. The molecule has 0 bridgehead atoms. The molecule has 0 unspecified atom stereocenters. The molecule has 0 aliphatic carbocycles. The summed E-state index contributed by atoms with van der Waals surface area (Å²) in [6, 6.07) is 1.55. The summed E-state index contributed by atoms with van der Waals surface area (Å²) in [4.78, 5) is 19.8. The zero-order valence-electron chi connectivity index (χ0n) is 12.1. The minimum absolute atomic E-state index is 0.224. The lowest BCUT2D eigenvalue weighted by Crippen LogP contribution is -2.42. The second kappa shape index (κ2) is 6.57. The van der Waals surface area contributed by atoms with Crippen molar-refractivity contribution in [1.82, 2.24) is 9.97 Å². The van der Waals surface area contributed by atoms with Crippen molar-refractivity contribution in [3.63, 3.8) is 0 Å². The molecule has 1 aliphatic heterocycles. The van der Waals surface area contributed by atoms with Crippen LogP contribution in [0.4, 0.5) is 5.95 Å². The first-order chi connectivity index (χ1) is 10.1. The highest BCUT2D eigenvalue weighted by Crippen LogP contribution is 2.31. The minimum Gasteiger partial charge on any atom is -0.481 e. The van der Waals surface area contributed by atoms with E-state index < -0.39 is 11.4 Å². The largest absolute Gasteiger partial charge is 0.481 e. The van der Waals surface area contributed by atoms with Gasteiger partial charge in [-0.3, -0.25) is 4.79 Å². The Morgan fingerprint density at radius 3 is 2.38 bits per heavy atom. The summed E-state index contributed by atoms with van der Waals surface area (Å²) in [7, 11) is 2.98. The zero-order valence-corrected chi connectivity index (χ0v) is 12.1. The molecule has 0 spiro atoms. The van der Waals surface area contributed by atoms with Crippen LogP contribution in [0.5, 0.6) is 11.8 Å². The van der Waals surface area contributed by atoms with Gasteiger partial charge in [0.2, 0.25) is 17.7 Å². The number of carboxylic acid groups (broad SMARTS) is 1. The van der Waals surface area contributed by atoms with Crippen molar-refractivity contribution < 1.29 is 24.1 Å². The molecule has 0 radical (unpaired) electrons. The fourth-order valence-corrected chi connectivity index (χ4v) is 2.17. The van der Waals surface area contributed by atoms with Crippen molar-refractivity contribution in [2.24, 2.45) is 5.41 Å². The van der Waals surface area contributed by atoms with Gasteiger partial charge in [0.15, 0.2) is 0 Å². The van der Waals surface area contributed by atoms with Crippen molar-refractivity contribution in [2.45, 2.75) is 12.8 Å². The van der Waals surface area contributed by atoms with Crippen LogP contribution in [0.25, 0.3) is 0 Å². The number of hydrogen-bond donors (Lipinski definition) is 2. The number of aliphatic carboxylic acids is 1. The second-order valence-corrected chi connectivity index (χ2v) is 4.83. The number of rotatable bonds is 6. The molecule has 2 rings (SSSR count). The Hall–Kier alpha value is -2.09. The van der Waals surface area contributed by atoms with Crippen molar-refractivity contribution >= 4 is 11.9 Å². The molecule has 1 fully saturated rings. The van der Waals surface area contributed by atoms with Crippen molar-refractivity contribution in [1.29, 1.82) is 0 Å². The Kier molecular flexibility index (Phi) is 4.79. The van der Waals surface area contributed by atoms with E-state index in [4.69, 9.17) is 14.2 Å². The normalized spacial score (nSPS) is 17.0. The molecular weight excluding hydrogens is 278 g/mol. The van der Waals surface area contributed by atoms with Crippen LogP contribution in [0.15, 0.2) is 6.07 Å². The van der Waals surface area contributed by atoms with E-state index in [0.717, 1.165) is 0 Å². The van der Waals surface area contributed by atoms with Gasteiger partial charge in [0.25, 0.3) is 0 Å². The third kappa shape index (κ3) is 3.52. The van der Waals surface area contributed by atoms with Crippen molar-refractivity contribution in [3.05, 3.63) is 6.07 Å². The summed E-state index contributed by atoms with van der Waals surface area (Å²) in [6.07, 6.45) is 0.910. The smallest absolute Gasteiger partial charge is 0.311 e. The van der Waals surface area contributed by atoms with E-state index in [0.29, 0.717) is 37.8 Å². The number of nitrogens with one attached hydrogen (secondary N) is 1. The number of ether oxygens (including phenoxy) is 3. The highest BCUT2D eigenvalue weighted by molar-refractivity contribution is 5.75. The zero-order chi connectivity index (χ0) is 15.3. The third-order valence-corrected chi connectivity index (χ3v) is 3.59. The van der Waals surface area contributed by atoms with E-state index >= 15 is 0 Å². The molecule has 2 N–H and O–H groups in total. The Balaban J connectivity index is 2.12. The summed E-state index contributed by atoms with van der Waals surface area (Å²) in [5, 5.41) is 12.4. The van der Waals surface area contributed by atoms with Gasteiger partial charge in [-0.2, -0.15) is 9.97 Å². The van der Waals surface area contributed by atoms with E-state index in [2.05, 4.69) is 15.3 Å². The van der Waals surface area contributed by atoms with Crippen LogP contribution >= 0.6 is 0 Å². The molecule has 0 aromatic carbocycles. The number of methoxy groups -OCH3 is 2. The van der Waals surface area contributed by atoms with Gasteiger partial charge in [0.05, 0.1) is 25.7 Å². The number of carbonyl (C=O) groups is 1. The summed E-state index contributed by atoms with van der Waals surface area (Å²) in [5.41, 5.74) is -0.863. The Morgan fingerprint density at radius 1 is 1.33 bits per heavy atom. The monoisotopic (exact) mass is 297 g/mol. The molecule has 8 heteroatoms. The van der Waals surface area contributed by atoms with Gasteiger partial charge >= 0.3 is 5.97 Å². The third-order valence-electron chi connectivity index (χ3n) is 3.59. The lowest BCUT2D eigenvalue weighted by molar-refractivity contribution is -0.153. The Labute approximate surface area is 122 Å². The second-order valence-electron chi connectivity index (χ2n) is 4.83. The summed E-state index contributed by atoms with van der Waals surface area (Å²) >= 11 is 0. The maximum Gasteiger partial charge on any atom is 0.311 e. The van der Waals surface area contributed by atoms with Gasteiger partial charge < -0.3 is 24.6 Å². The number of aromatic nitrogens is 2. The highest BCUT2D eigenvalue weighted by atomic mass is 16.5. The molecule has 0 amide bonds. The van der Waals surface area contributed by atoms with Crippen LogP contribution in [0, 0.1) is 5.41 Å². The van der Waals surface area contributed by atoms with Gasteiger partial charge in [-0.1, -0.05) is 0 Å². The number of hydrogen-bond acceptors (Lipinski definition) is 7. The van der Waals surface area contributed by atoms with E-state index in [9.17, 15) is 9.90 Å². The van der Waals surface area contributed by atoms with Crippen LogP contribution in [0.1, 0.15) is 12.8 Å². The molecule has 1 aromatic heterocycles. The Bertz CT molecular complexity index is 480. The molecule has 0 atom stereocenters. The van der Waals surface area contributed by atoms with Crippen LogP contribution in [0.3, 0.4) is 0 Å². The maximum absolute atomic E-state index is 11.6. The predicted octanol–water partition coefficient (Wildman–Crippen LogP) is 0.787. The van der Waals surface area contributed by atoms with E-state index in [-0.39, 0.29) is 12.5 Å². The lowest BCUT2D eigenvalue weighted by atomic mass is 9.80. The first-order valence-corrected chi connectivity index (χ1v) is 6.62. The fourth-order valence-electron chi connectivity index (χ4n) is 2.17. The highest BCUT2D eigenvalue weighted by Gasteiger charge is 2.40.